The molecule has 2 N–H and O–H groups in total. The van der Waals surface area contributed by atoms with Crippen molar-refractivity contribution in [1.82, 2.24) is 14.6 Å². The lowest BCUT2D eigenvalue weighted by molar-refractivity contribution is -0.196. The van der Waals surface area contributed by atoms with Crippen LogP contribution in [0.25, 0.3) is 5.52 Å². The first-order chi connectivity index (χ1) is 10.9. The molecule has 4 rings (SSSR count). The van der Waals surface area contributed by atoms with Gasteiger partial charge in [0, 0.05) is 0 Å². The first-order valence-corrected chi connectivity index (χ1v) is 7.24. The van der Waals surface area contributed by atoms with Gasteiger partial charge in [0.2, 0.25) is 5.60 Å². The molecular weight excluding hydrogens is 298 g/mol. The van der Waals surface area contributed by atoms with Crippen molar-refractivity contribution < 1.29 is 14.2 Å². The summed E-state index contributed by atoms with van der Waals surface area (Å²) in [6.07, 6.45) is -0.249. The molecule has 0 spiro atoms. The summed E-state index contributed by atoms with van der Waals surface area (Å²) >= 11 is 0. The average Bonchev–Trinajstić information content (AvgIpc) is 3.13. The van der Waals surface area contributed by atoms with Crippen LogP contribution in [0.4, 0.5) is 5.82 Å². The summed E-state index contributed by atoms with van der Waals surface area (Å²) in [5.41, 5.74) is 5.61. The van der Waals surface area contributed by atoms with E-state index < -0.39 is 29.7 Å². The van der Waals surface area contributed by atoms with E-state index in [1.165, 1.54) is 6.33 Å². The average molecular weight is 314 g/mol. The number of anilines is 1. The Morgan fingerprint density at radius 2 is 2.13 bits per heavy atom. The van der Waals surface area contributed by atoms with Gasteiger partial charge in [-0.3, -0.25) is 0 Å². The highest BCUT2D eigenvalue weighted by Gasteiger charge is 2.64. The summed E-state index contributed by atoms with van der Waals surface area (Å²) in [5, 5.41) is 14.1. The number of nitrogens with two attached hydrogens (primary N) is 1. The topological polar surface area (TPSA) is 108 Å². The first-order valence-electron chi connectivity index (χ1n) is 7.24. The molecule has 0 aromatic carbocycles. The Kier molecular flexibility index (Phi) is 2.76. The van der Waals surface area contributed by atoms with Gasteiger partial charge in [0.15, 0.2) is 11.6 Å². The molecule has 1 radical (unpaired) electrons. The summed E-state index contributed by atoms with van der Waals surface area (Å²) in [6, 6.07) is 5.73. The van der Waals surface area contributed by atoms with Crippen molar-refractivity contribution in [1.29, 1.82) is 5.26 Å². The highest BCUT2D eigenvalue weighted by molar-refractivity contribution is 5.66. The first kappa shape index (κ1) is 14.4. The number of fused-ring (bicyclic) bond motifs is 2. The second-order valence-electron chi connectivity index (χ2n) is 6.19. The summed E-state index contributed by atoms with van der Waals surface area (Å²) in [5.74, 6) is -0.484. The maximum atomic E-state index is 9.93. The van der Waals surface area contributed by atoms with Crippen LogP contribution >= 0.6 is 0 Å². The van der Waals surface area contributed by atoms with E-state index in [-0.39, 0.29) is 0 Å². The van der Waals surface area contributed by atoms with Crippen molar-refractivity contribution in [2.45, 2.75) is 43.5 Å². The zero-order valence-corrected chi connectivity index (χ0v) is 12.8. The van der Waals surface area contributed by atoms with E-state index in [2.05, 4.69) is 23.1 Å². The van der Waals surface area contributed by atoms with Gasteiger partial charge in [0.05, 0.1) is 11.8 Å². The largest absolute Gasteiger partial charge is 0.382 e. The highest BCUT2D eigenvalue weighted by Crippen LogP contribution is 2.48. The number of hydrogen-bond acceptors (Lipinski definition) is 7. The second kappa shape index (κ2) is 4.41. The predicted octanol–water partition coefficient (Wildman–Crippen LogP) is 0.783. The third-order valence-corrected chi connectivity index (χ3v) is 4.26. The number of nitrogen functional groups attached to an aromatic ring is 1. The third kappa shape index (κ3) is 1.81. The van der Waals surface area contributed by atoms with Gasteiger partial charge in [-0.15, -0.1) is 0 Å². The van der Waals surface area contributed by atoms with E-state index in [9.17, 15) is 5.26 Å². The fourth-order valence-electron chi connectivity index (χ4n) is 3.34. The molecule has 2 aliphatic heterocycles. The van der Waals surface area contributed by atoms with E-state index in [1.54, 1.807) is 30.5 Å². The SMILES string of the molecule is [CH2][C@H]1O[C@@](C#N)(c2ccc3c(N)ncnn23)[C@@H]2OC(C)(C)O[C@@H]21. The smallest absolute Gasteiger partial charge is 0.225 e. The Balaban J connectivity index is 1.91. The maximum absolute atomic E-state index is 9.93. The van der Waals surface area contributed by atoms with E-state index in [4.69, 9.17) is 19.9 Å². The Hall–Kier alpha value is -2.21. The standard InChI is InChI=1S/C15H16N5O3/c1-8-11-12(23-14(2,3)22-11)15(6-16,21-8)10-5-4-9-13(17)18-7-19-20(9)10/h4-5,7-8,11-12H,1H2,2-3H3,(H2,17,18,19)/t8-,11-,12-,15+/m1/s1. The number of nitriles is 1. The monoisotopic (exact) mass is 314 g/mol. The van der Waals surface area contributed by atoms with Crippen molar-refractivity contribution in [3.8, 4) is 6.07 Å². The van der Waals surface area contributed by atoms with E-state index in [0.29, 0.717) is 17.0 Å². The predicted molar refractivity (Wildman–Crippen MR) is 78.7 cm³/mol. The minimum Gasteiger partial charge on any atom is -0.382 e. The third-order valence-electron chi connectivity index (χ3n) is 4.26. The minimum absolute atomic E-state index is 0.323. The van der Waals surface area contributed by atoms with E-state index in [1.807, 2.05) is 0 Å². The molecule has 2 fully saturated rings. The molecule has 4 heterocycles. The highest BCUT2D eigenvalue weighted by atomic mass is 16.8. The number of aromatic nitrogens is 3. The molecule has 2 aromatic rings. The van der Waals surface area contributed by atoms with Crippen LogP contribution in [0, 0.1) is 18.3 Å². The molecule has 0 amide bonds. The Labute approximate surface area is 132 Å². The summed E-state index contributed by atoms with van der Waals surface area (Å²) in [6.45, 7) is 7.56. The Bertz CT molecular complexity index is 826. The lowest BCUT2D eigenvalue weighted by atomic mass is 9.93. The Morgan fingerprint density at radius 3 is 2.87 bits per heavy atom. The van der Waals surface area contributed by atoms with Crippen molar-refractivity contribution in [2.24, 2.45) is 0 Å². The van der Waals surface area contributed by atoms with Gasteiger partial charge in [0.25, 0.3) is 0 Å². The lowest BCUT2D eigenvalue weighted by Gasteiger charge is -2.28. The molecule has 0 saturated carbocycles. The fourth-order valence-corrected chi connectivity index (χ4v) is 3.34. The van der Waals surface area contributed by atoms with Gasteiger partial charge < -0.3 is 19.9 Å². The van der Waals surface area contributed by atoms with Crippen LogP contribution in [0.3, 0.4) is 0 Å². The molecule has 2 aliphatic rings. The van der Waals surface area contributed by atoms with Crippen LogP contribution in [0.1, 0.15) is 19.5 Å². The zero-order valence-electron chi connectivity index (χ0n) is 12.8. The van der Waals surface area contributed by atoms with Gasteiger partial charge >= 0.3 is 0 Å². The van der Waals surface area contributed by atoms with Crippen LogP contribution < -0.4 is 5.73 Å². The van der Waals surface area contributed by atoms with Crippen molar-refractivity contribution in [3.05, 3.63) is 31.1 Å². The second-order valence-corrected chi connectivity index (χ2v) is 6.19. The summed E-state index contributed by atoms with van der Waals surface area (Å²) in [4.78, 5) is 3.95. The van der Waals surface area contributed by atoms with E-state index >= 15 is 0 Å². The molecular formula is C15H16N5O3. The zero-order chi connectivity index (χ0) is 16.4. The van der Waals surface area contributed by atoms with Crippen molar-refractivity contribution in [2.75, 3.05) is 5.73 Å². The molecule has 2 aromatic heterocycles. The van der Waals surface area contributed by atoms with Crippen molar-refractivity contribution in [3.63, 3.8) is 0 Å². The van der Waals surface area contributed by atoms with Crippen LogP contribution in [-0.2, 0) is 19.8 Å². The molecule has 23 heavy (non-hydrogen) atoms. The fraction of sp³-hybridized carbons (Fsp3) is 0.467. The number of nitrogens with zero attached hydrogens (tertiary/aromatic N) is 4. The molecule has 8 nitrogen and oxygen atoms in total. The van der Waals surface area contributed by atoms with Gasteiger partial charge in [-0.25, -0.2) is 9.50 Å². The molecule has 4 atom stereocenters. The molecule has 119 valence electrons. The van der Waals surface area contributed by atoms with Gasteiger partial charge in [-0.05, 0) is 32.9 Å². The number of ether oxygens (including phenoxy) is 3. The van der Waals surface area contributed by atoms with Crippen LogP contribution in [0.15, 0.2) is 18.5 Å². The minimum atomic E-state index is -1.38. The lowest BCUT2D eigenvalue weighted by Crippen LogP contribution is -2.40. The maximum Gasteiger partial charge on any atom is 0.225 e. The molecule has 0 aliphatic carbocycles. The number of hydrogen-bond donors (Lipinski definition) is 1. The summed E-state index contributed by atoms with van der Waals surface area (Å²) < 4.78 is 19.3. The quantitative estimate of drug-likeness (QED) is 0.828. The van der Waals surface area contributed by atoms with Crippen LogP contribution in [0.5, 0.6) is 0 Å². The van der Waals surface area contributed by atoms with E-state index in [0.717, 1.165) is 0 Å². The molecule has 8 heteroatoms. The normalized spacial score (nSPS) is 35.3. The molecule has 0 unspecified atom stereocenters. The van der Waals surface area contributed by atoms with Gasteiger partial charge in [0.1, 0.15) is 30.1 Å². The molecule has 0 bridgehead atoms. The Morgan fingerprint density at radius 1 is 1.35 bits per heavy atom. The van der Waals surface area contributed by atoms with Crippen LogP contribution in [-0.4, -0.2) is 38.7 Å². The molecule has 2 saturated heterocycles. The van der Waals surface area contributed by atoms with Crippen LogP contribution in [0.2, 0.25) is 0 Å². The van der Waals surface area contributed by atoms with Gasteiger partial charge in [-0.1, -0.05) is 0 Å². The van der Waals surface area contributed by atoms with Crippen molar-refractivity contribution >= 4 is 11.3 Å². The van der Waals surface area contributed by atoms with Gasteiger partial charge in [-0.2, -0.15) is 10.4 Å². The number of rotatable bonds is 1. The summed E-state index contributed by atoms with van der Waals surface area (Å²) in [7, 11) is 0.